The molecule has 3 N–H and O–H groups in total. The molecule has 0 aliphatic heterocycles. The first kappa shape index (κ1) is 12.3. The van der Waals surface area contributed by atoms with Gasteiger partial charge in [0.2, 0.25) is 0 Å². The molecule has 0 radical (unpaired) electrons. The van der Waals surface area contributed by atoms with Gasteiger partial charge in [0.25, 0.3) is 0 Å². The Labute approximate surface area is 99.4 Å². The summed E-state index contributed by atoms with van der Waals surface area (Å²) in [6.45, 7) is 0. The number of hydrogen-bond acceptors (Lipinski definition) is 3. The molecule has 0 amide bonds. The highest BCUT2D eigenvalue weighted by Crippen LogP contribution is 2.19. The van der Waals surface area contributed by atoms with Crippen molar-refractivity contribution in [2.45, 2.75) is 0 Å². The van der Waals surface area contributed by atoms with Crippen LogP contribution < -0.4 is 10.5 Å². The number of ether oxygens (including phenoxy) is 1. The molecule has 0 fully saturated rings. The molecule has 16 heavy (non-hydrogen) atoms. The fourth-order valence-electron chi connectivity index (χ4n) is 1.38. The van der Waals surface area contributed by atoms with E-state index in [1.54, 1.807) is 13.2 Å². The number of pyridine rings is 1. The third kappa shape index (κ3) is 2.23. The Hall–Kier alpha value is -1.81. The summed E-state index contributed by atoms with van der Waals surface area (Å²) in [6, 6.07) is 9.18. The fraction of sp³-hybridized carbons (Fsp3) is 0.0909. The third-order valence-electron chi connectivity index (χ3n) is 2.17. The summed E-state index contributed by atoms with van der Waals surface area (Å²) in [6.07, 6.45) is 0. The highest BCUT2D eigenvalue weighted by molar-refractivity contribution is 5.95. The summed E-state index contributed by atoms with van der Waals surface area (Å²) < 4.78 is 5.11. The van der Waals surface area contributed by atoms with Gasteiger partial charge >= 0.3 is 0 Å². The standard InChI is InChI=1S/C11H11N3O.ClH/c1-15-8-3-5-9-7(6-8)2-4-10(14-9)11(12)13;/h2-6H,1H3,(H3,12,13);1H. The number of halogens is 1. The van der Waals surface area contributed by atoms with Gasteiger partial charge in [-0.05, 0) is 24.3 Å². The fourth-order valence-corrected chi connectivity index (χ4v) is 1.38. The lowest BCUT2D eigenvalue weighted by Gasteiger charge is -2.03. The molecular formula is C11H12ClN3O. The van der Waals surface area contributed by atoms with Gasteiger partial charge in [0, 0.05) is 5.39 Å². The number of benzene rings is 1. The molecule has 0 saturated carbocycles. The Morgan fingerprint density at radius 2 is 2.06 bits per heavy atom. The molecule has 5 heteroatoms. The zero-order chi connectivity index (χ0) is 10.8. The van der Waals surface area contributed by atoms with Gasteiger partial charge in [-0.2, -0.15) is 0 Å². The van der Waals surface area contributed by atoms with E-state index in [4.69, 9.17) is 15.9 Å². The second-order valence-corrected chi connectivity index (χ2v) is 3.17. The van der Waals surface area contributed by atoms with Gasteiger partial charge in [0.1, 0.15) is 17.3 Å². The number of rotatable bonds is 2. The van der Waals surface area contributed by atoms with Crippen LogP contribution in [0.1, 0.15) is 5.69 Å². The van der Waals surface area contributed by atoms with Crippen molar-refractivity contribution in [1.82, 2.24) is 4.98 Å². The summed E-state index contributed by atoms with van der Waals surface area (Å²) in [5.41, 5.74) is 6.66. The van der Waals surface area contributed by atoms with E-state index >= 15 is 0 Å². The molecule has 0 saturated heterocycles. The van der Waals surface area contributed by atoms with Crippen molar-refractivity contribution in [3.05, 3.63) is 36.0 Å². The molecule has 84 valence electrons. The van der Waals surface area contributed by atoms with Gasteiger partial charge in [0.05, 0.1) is 12.6 Å². The predicted molar refractivity (Wildman–Crippen MR) is 66.6 cm³/mol. The van der Waals surface area contributed by atoms with Crippen molar-refractivity contribution in [3.8, 4) is 5.75 Å². The highest BCUT2D eigenvalue weighted by Gasteiger charge is 2.01. The Morgan fingerprint density at radius 3 is 2.69 bits per heavy atom. The van der Waals surface area contributed by atoms with Crippen molar-refractivity contribution >= 4 is 29.1 Å². The molecule has 0 aliphatic carbocycles. The Kier molecular flexibility index (Phi) is 3.68. The van der Waals surface area contributed by atoms with E-state index < -0.39 is 0 Å². The first-order valence-corrected chi connectivity index (χ1v) is 4.50. The van der Waals surface area contributed by atoms with Gasteiger partial charge < -0.3 is 10.5 Å². The van der Waals surface area contributed by atoms with Crippen LogP contribution in [0.15, 0.2) is 30.3 Å². The molecule has 0 spiro atoms. The van der Waals surface area contributed by atoms with Crippen molar-refractivity contribution in [2.24, 2.45) is 5.73 Å². The van der Waals surface area contributed by atoms with E-state index in [-0.39, 0.29) is 18.2 Å². The van der Waals surface area contributed by atoms with E-state index in [1.807, 2.05) is 24.3 Å². The average Bonchev–Trinajstić information content (AvgIpc) is 2.27. The van der Waals surface area contributed by atoms with Crippen LogP contribution in [-0.2, 0) is 0 Å². The molecule has 2 aromatic rings. The lowest BCUT2D eigenvalue weighted by atomic mass is 10.2. The van der Waals surface area contributed by atoms with Gasteiger partial charge in [0.15, 0.2) is 0 Å². The molecule has 0 bridgehead atoms. The lowest BCUT2D eigenvalue weighted by molar-refractivity contribution is 0.415. The van der Waals surface area contributed by atoms with Crippen LogP contribution in [0, 0.1) is 5.41 Å². The number of nitrogens with two attached hydrogens (primary N) is 1. The zero-order valence-electron chi connectivity index (χ0n) is 8.73. The second-order valence-electron chi connectivity index (χ2n) is 3.17. The molecule has 1 heterocycles. The Bertz CT molecular complexity index is 528. The van der Waals surface area contributed by atoms with Crippen LogP contribution in [-0.4, -0.2) is 17.9 Å². The topological polar surface area (TPSA) is 72.0 Å². The van der Waals surface area contributed by atoms with Crippen molar-refractivity contribution in [3.63, 3.8) is 0 Å². The quantitative estimate of drug-likeness (QED) is 0.619. The summed E-state index contributed by atoms with van der Waals surface area (Å²) in [5.74, 6) is 0.771. The first-order chi connectivity index (χ1) is 7.20. The Morgan fingerprint density at radius 1 is 1.31 bits per heavy atom. The van der Waals surface area contributed by atoms with Crippen LogP contribution in [0.25, 0.3) is 10.9 Å². The minimum absolute atomic E-state index is 0. The first-order valence-electron chi connectivity index (χ1n) is 4.50. The van der Waals surface area contributed by atoms with Crippen LogP contribution in [0.2, 0.25) is 0 Å². The van der Waals surface area contributed by atoms with Crippen molar-refractivity contribution in [1.29, 1.82) is 5.41 Å². The van der Waals surface area contributed by atoms with Crippen LogP contribution in [0.3, 0.4) is 0 Å². The molecule has 0 unspecified atom stereocenters. The van der Waals surface area contributed by atoms with E-state index in [0.717, 1.165) is 16.7 Å². The summed E-state index contributed by atoms with van der Waals surface area (Å²) >= 11 is 0. The number of fused-ring (bicyclic) bond motifs is 1. The van der Waals surface area contributed by atoms with Gasteiger partial charge in [-0.1, -0.05) is 6.07 Å². The SMILES string of the molecule is COc1ccc2nc(C(=N)N)ccc2c1.Cl. The number of nitrogens with one attached hydrogen (secondary N) is 1. The Balaban J connectivity index is 0.00000128. The summed E-state index contributed by atoms with van der Waals surface area (Å²) in [4.78, 5) is 4.25. The molecule has 1 aromatic heterocycles. The number of aromatic nitrogens is 1. The van der Waals surface area contributed by atoms with Gasteiger partial charge in [-0.25, -0.2) is 4.98 Å². The van der Waals surface area contributed by atoms with Crippen molar-refractivity contribution < 1.29 is 4.74 Å². The molecular weight excluding hydrogens is 226 g/mol. The number of methoxy groups -OCH3 is 1. The predicted octanol–water partition coefficient (Wildman–Crippen LogP) is 1.95. The molecule has 0 atom stereocenters. The zero-order valence-corrected chi connectivity index (χ0v) is 9.54. The maximum absolute atomic E-state index is 7.28. The van der Waals surface area contributed by atoms with E-state index in [2.05, 4.69) is 4.98 Å². The lowest BCUT2D eigenvalue weighted by Crippen LogP contribution is -2.12. The van der Waals surface area contributed by atoms with E-state index in [1.165, 1.54) is 0 Å². The van der Waals surface area contributed by atoms with E-state index in [0.29, 0.717) is 5.69 Å². The smallest absolute Gasteiger partial charge is 0.141 e. The minimum Gasteiger partial charge on any atom is -0.497 e. The normalized spacial score (nSPS) is 9.56. The largest absolute Gasteiger partial charge is 0.497 e. The maximum Gasteiger partial charge on any atom is 0.141 e. The van der Waals surface area contributed by atoms with Crippen LogP contribution in [0.4, 0.5) is 0 Å². The second kappa shape index (κ2) is 4.81. The number of hydrogen-bond donors (Lipinski definition) is 2. The number of nitrogens with zero attached hydrogens (tertiary/aromatic N) is 1. The molecule has 4 nitrogen and oxygen atoms in total. The molecule has 0 aliphatic rings. The average molecular weight is 238 g/mol. The van der Waals surface area contributed by atoms with Gasteiger partial charge in [-0.15, -0.1) is 12.4 Å². The van der Waals surface area contributed by atoms with Crippen molar-refractivity contribution in [2.75, 3.05) is 7.11 Å². The van der Waals surface area contributed by atoms with Crippen LogP contribution >= 0.6 is 12.4 Å². The van der Waals surface area contributed by atoms with Gasteiger partial charge in [-0.3, -0.25) is 5.41 Å². The van der Waals surface area contributed by atoms with Crippen LogP contribution in [0.5, 0.6) is 5.75 Å². The minimum atomic E-state index is -0.0206. The monoisotopic (exact) mass is 237 g/mol. The molecule has 1 aromatic carbocycles. The summed E-state index contributed by atoms with van der Waals surface area (Å²) in [5, 5.41) is 8.25. The summed E-state index contributed by atoms with van der Waals surface area (Å²) in [7, 11) is 1.62. The van der Waals surface area contributed by atoms with E-state index in [9.17, 15) is 0 Å². The maximum atomic E-state index is 7.28. The number of nitrogen functional groups attached to an aromatic ring is 1. The third-order valence-corrected chi connectivity index (χ3v) is 2.17. The molecule has 2 rings (SSSR count). The number of amidine groups is 1. The highest BCUT2D eigenvalue weighted by atomic mass is 35.5.